The molecule has 0 N–H and O–H groups in total. The number of carbonyl (C=O) groups is 2. The van der Waals surface area contributed by atoms with Gasteiger partial charge in [0.25, 0.3) is 0 Å². The molecule has 1 aromatic carbocycles. The maximum Gasteiger partial charge on any atom is 0.573 e. The summed E-state index contributed by atoms with van der Waals surface area (Å²) in [6.45, 7) is 1.16. The molecule has 2 atom stereocenters. The molecule has 0 aliphatic carbocycles. The summed E-state index contributed by atoms with van der Waals surface area (Å²) in [6, 6.07) is 4.38. The molecule has 0 radical (unpaired) electrons. The third-order valence-electron chi connectivity index (χ3n) is 4.91. The normalized spacial score (nSPS) is 23.1. The van der Waals surface area contributed by atoms with Crippen LogP contribution in [0.2, 0.25) is 0 Å². The number of hydrogen-bond acceptors (Lipinski definition) is 4. The molecule has 0 spiro atoms. The van der Waals surface area contributed by atoms with Gasteiger partial charge in [0.15, 0.2) is 0 Å². The average Bonchev–Trinajstić information content (AvgIpc) is 2.63. The van der Waals surface area contributed by atoms with Crippen LogP contribution < -0.4 is 9.47 Å². The Morgan fingerprint density at radius 1 is 1.10 bits per heavy atom. The minimum atomic E-state index is -4.81. The first-order valence-corrected chi connectivity index (χ1v) is 9.44. The van der Waals surface area contributed by atoms with Gasteiger partial charge in [-0.3, -0.25) is 4.79 Å². The number of ether oxygens (including phenoxy) is 2. The molecule has 0 bridgehead atoms. The lowest BCUT2D eigenvalue weighted by Gasteiger charge is -2.37. The molecule has 160 valence electrons. The predicted octanol–water partition coefficient (Wildman–Crippen LogP) is 3.76. The fourth-order valence-electron chi connectivity index (χ4n) is 3.66. The molecule has 1 aromatic rings. The Morgan fingerprint density at radius 2 is 1.79 bits per heavy atom. The summed E-state index contributed by atoms with van der Waals surface area (Å²) >= 11 is 0. The van der Waals surface area contributed by atoms with Crippen molar-refractivity contribution in [3.63, 3.8) is 0 Å². The van der Waals surface area contributed by atoms with Crippen molar-refractivity contribution >= 4 is 12.0 Å². The Kier molecular flexibility index (Phi) is 6.49. The van der Waals surface area contributed by atoms with Crippen LogP contribution >= 0.6 is 0 Å². The van der Waals surface area contributed by atoms with Crippen molar-refractivity contribution in [2.75, 3.05) is 26.2 Å². The molecular formula is C19H22F4N2O4. The Bertz CT molecular complexity index is 726. The zero-order valence-electron chi connectivity index (χ0n) is 15.7. The number of hydrogen-bond donors (Lipinski definition) is 0. The number of alkyl halides is 4. The number of likely N-dealkylation sites (tertiary alicyclic amines) is 2. The van der Waals surface area contributed by atoms with E-state index in [1.807, 2.05) is 0 Å². The quantitative estimate of drug-likeness (QED) is 0.699. The molecule has 3 rings (SSSR count). The van der Waals surface area contributed by atoms with Crippen LogP contribution in [0.1, 0.15) is 25.7 Å². The van der Waals surface area contributed by atoms with Crippen molar-refractivity contribution in [1.82, 2.24) is 9.80 Å². The SMILES string of the molecule is O=C1CCCCN1CC1C[C@H](F)CN(C(=O)Oc2ccc(OC(F)(F)F)cc2)C1. The van der Waals surface area contributed by atoms with Crippen LogP contribution in [0.5, 0.6) is 11.5 Å². The smallest absolute Gasteiger partial charge is 0.410 e. The van der Waals surface area contributed by atoms with Crippen molar-refractivity contribution in [3.05, 3.63) is 24.3 Å². The zero-order valence-corrected chi connectivity index (χ0v) is 15.7. The van der Waals surface area contributed by atoms with Gasteiger partial charge in [0, 0.05) is 26.1 Å². The lowest BCUT2D eigenvalue weighted by atomic mass is 9.95. The molecule has 0 saturated carbocycles. The van der Waals surface area contributed by atoms with Crippen LogP contribution in [0.4, 0.5) is 22.4 Å². The van der Waals surface area contributed by atoms with E-state index in [0.29, 0.717) is 19.5 Å². The zero-order chi connectivity index (χ0) is 21.0. The number of nitrogens with zero attached hydrogens (tertiary/aromatic N) is 2. The topological polar surface area (TPSA) is 59.1 Å². The first-order valence-electron chi connectivity index (χ1n) is 9.44. The predicted molar refractivity (Wildman–Crippen MR) is 94.2 cm³/mol. The van der Waals surface area contributed by atoms with E-state index in [9.17, 15) is 27.2 Å². The highest BCUT2D eigenvalue weighted by Gasteiger charge is 2.34. The molecule has 0 aromatic heterocycles. The Balaban J connectivity index is 1.56. The summed E-state index contributed by atoms with van der Waals surface area (Å²) in [5, 5.41) is 0. The Labute approximate surface area is 165 Å². The second-order valence-corrected chi connectivity index (χ2v) is 7.29. The maximum absolute atomic E-state index is 14.2. The standard InChI is InChI=1S/C19H22F4N2O4/c20-14-9-13(10-24-8-2-1-3-17(24)26)11-25(12-14)18(27)28-15-4-6-16(7-5-15)29-19(21,22)23/h4-7,13-14H,1-3,8-12H2/t13?,14-/m0/s1. The average molecular weight is 418 g/mol. The first-order chi connectivity index (χ1) is 13.7. The van der Waals surface area contributed by atoms with Crippen LogP contribution in [-0.2, 0) is 4.79 Å². The van der Waals surface area contributed by atoms with Crippen LogP contribution in [0.25, 0.3) is 0 Å². The van der Waals surface area contributed by atoms with Crippen molar-refractivity contribution in [2.45, 2.75) is 38.2 Å². The number of amides is 2. The summed E-state index contributed by atoms with van der Waals surface area (Å²) in [5.41, 5.74) is 0. The minimum Gasteiger partial charge on any atom is -0.410 e. The first kappa shape index (κ1) is 21.2. The highest BCUT2D eigenvalue weighted by atomic mass is 19.4. The lowest BCUT2D eigenvalue weighted by molar-refractivity contribution is -0.274. The van der Waals surface area contributed by atoms with E-state index in [2.05, 4.69) is 4.74 Å². The van der Waals surface area contributed by atoms with Gasteiger partial charge in [0.05, 0.1) is 6.54 Å². The molecule has 2 saturated heterocycles. The number of halogens is 4. The summed E-state index contributed by atoms with van der Waals surface area (Å²) in [6.07, 6.45) is -4.31. The van der Waals surface area contributed by atoms with Crippen LogP contribution in [0, 0.1) is 5.92 Å². The second-order valence-electron chi connectivity index (χ2n) is 7.29. The molecule has 2 fully saturated rings. The summed E-state index contributed by atoms with van der Waals surface area (Å²) in [5.74, 6) is -0.568. The van der Waals surface area contributed by atoms with Gasteiger partial charge in [0.1, 0.15) is 17.7 Å². The van der Waals surface area contributed by atoms with Gasteiger partial charge in [-0.1, -0.05) is 0 Å². The number of piperidine rings is 2. The van der Waals surface area contributed by atoms with E-state index in [-0.39, 0.29) is 37.1 Å². The largest absolute Gasteiger partial charge is 0.573 e. The Hall–Kier alpha value is -2.52. The molecule has 2 aliphatic heterocycles. The Morgan fingerprint density at radius 3 is 2.45 bits per heavy atom. The van der Waals surface area contributed by atoms with Gasteiger partial charge >= 0.3 is 12.5 Å². The van der Waals surface area contributed by atoms with Gasteiger partial charge in [0.2, 0.25) is 5.91 Å². The van der Waals surface area contributed by atoms with Crippen LogP contribution in [0.15, 0.2) is 24.3 Å². The number of rotatable bonds is 4. The number of carbonyl (C=O) groups excluding carboxylic acids is 2. The van der Waals surface area contributed by atoms with E-state index in [1.54, 1.807) is 4.90 Å². The molecule has 6 nitrogen and oxygen atoms in total. The monoisotopic (exact) mass is 418 g/mol. The van der Waals surface area contributed by atoms with E-state index in [1.165, 1.54) is 17.0 Å². The molecule has 2 amide bonds. The van der Waals surface area contributed by atoms with E-state index in [4.69, 9.17) is 4.74 Å². The molecular weight excluding hydrogens is 396 g/mol. The molecule has 2 heterocycles. The van der Waals surface area contributed by atoms with Gasteiger partial charge in [-0.15, -0.1) is 13.2 Å². The third kappa shape index (κ3) is 6.23. The number of benzene rings is 1. The highest BCUT2D eigenvalue weighted by molar-refractivity contribution is 5.76. The van der Waals surface area contributed by atoms with Crippen LogP contribution in [0.3, 0.4) is 0 Å². The molecule has 2 aliphatic rings. The highest BCUT2D eigenvalue weighted by Crippen LogP contribution is 2.26. The van der Waals surface area contributed by atoms with Crippen molar-refractivity contribution in [2.24, 2.45) is 5.92 Å². The van der Waals surface area contributed by atoms with E-state index in [0.717, 1.165) is 25.0 Å². The second kappa shape index (κ2) is 8.87. The van der Waals surface area contributed by atoms with Gasteiger partial charge in [-0.05, 0) is 49.4 Å². The summed E-state index contributed by atoms with van der Waals surface area (Å²) < 4.78 is 59.6. The molecule has 10 heteroatoms. The molecule has 1 unspecified atom stereocenters. The third-order valence-corrected chi connectivity index (χ3v) is 4.91. The minimum absolute atomic E-state index is 0.0215. The van der Waals surface area contributed by atoms with E-state index < -0.39 is 24.4 Å². The van der Waals surface area contributed by atoms with Gasteiger partial charge in [-0.25, -0.2) is 9.18 Å². The van der Waals surface area contributed by atoms with Crippen LogP contribution in [-0.4, -0.2) is 60.5 Å². The van der Waals surface area contributed by atoms with E-state index >= 15 is 0 Å². The summed E-state index contributed by atoms with van der Waals surface area (Å²) in [7, 11) is 0. The van der Waals surface area contributed by atoms with Crippen molar-refractivity contribution < 1.29 is 36.6 Å². The van der Waals surface area contributed by atoms with Gasteiger partial charge < -0.3 is 19.3 Å². The fraction of sp³-hybridized carbons (Fsp3) is 0.579. The van der Waals surface area contributed by atoms with Crippen molar-refractivity contribution in [3.8, 4) is 11.5 Å². The summed E-state index contributed by atoms with van der Waals surface area (Å²) in [4.78, 5) is 27.3. The van der Waals surface area contributed by atoms with Crippen molar-refractivity contribution in [1.29, 1.82) is 0 Å². The van der Waals surface area contributed by atoms with Gasteiger partial charge in [-0.2, -0.15) is 0 Å². The lowest BCUT2D eigenvalue weighted by Crippen LogP contribution is -2.50. The fourth-order valence-corrected chi connectivity index (χ4v) is 3.66. The molecule has 29 heavy (non-hydrogen) atoms. The maximum atomic E-state index is 14.2.